The quantitative estimate of drug-likeness (QED) is 0.525. The van der Waals surface area contributed by atoms with Crippen LogP contribution in [0.4, 0.5) is 0 Å². The molecule has 1 aliphatic rings. The van der Waals surface area contributed by atoms with Crippen LogP contribution in [0.3, 0.4) is 0 Å². The first-order valence-electron chi connectivity index (χ1n) is 8.38. The van der Waals surface area contributed by atoms with Gasteiger partial charge in [-0.15, -0.1) is 0 Å². The maximum Gasteiger partial charge on any atom is 0.160 e. The van der Waals surface area contributed by atoms with E-state index in [4.69, 9.17) is 9.97 Å². The molecule has 3 aromatic rings. The number of nitrogens with zero attached hydrogens (tertiary/aromatic N) is 2. The maximum atomic E-state index is 4.85. The van der Waals surface area contributed by atoms with Crippen LogP contribution in [0.15, 0.2) is 83.4 Å². The van der Waals surface area contributed by atoms with Crippen LogP contribution in [0.2, 0.25) is 0 Å². The van der Waals surface area contributed by atoms with Gasteiger partial charge in [-0.05, 0) is 25.0 Å². The van der Waals surface area contributed by atoms with Crippen molar-refractivity contribution in [2.45, 2.75) is 12.8 Å². The molecule has 4 rings (SSSR count). The van der Waals surface area contributed by atoms with Crippen molar-refractivity contribution in [3.8, 4) is 22.5 Å². The molecule has 2 nitrogen and oxygen atoms in total. The van der Waals surface area contributed by atoms with Crippen molar-refractivity contribution in [3.63, 3.8) is 0 Å². The summed E-state index contributed by atoms with van der Waals surface area (Å²) >= 11 is 3.65. The summed E-state index contributed by atoms with van der Waals surface area (Å²) in [5.74, 6) is 0.781. The lowest BCUT2D eigenvalue weighted by Crippen LogP contribution is -1.99. The number of benzene rings is 2. The summed E-state index contributed by atoms with van der Waals surface area (Å²) in [5, 5.41) is 0. The van der Waals surface area contributed by atoms with Crippen LogP contribution >= 0.6 is 15.9 Å². The zero-order valence-electron chi connectivity index (χ0n) is 13.7. The van der Waals surface area contributed by atoms with Gasteiger partial charge in [-0.1, -0.05) is 82.7 Å². The van der Waals surface area contributed by atoms with Crippen LogP contribution < -0.4 is 0 Å². The Balaban J connectivity index is 1.91. The van der Waals surface area contributed by atoms with Gasteiger partial charge in [0.1, 0.15) is 0 Å². The van der Waals surface area contributed by atoms with Crippen LogP contribution in [0.1, 0.15) is 18.7 Å². The highest BCUT2D eigenvalue weighted by Crippen LogP contribution is 2.31. The van der Waals surface area contributed by atoms with E-state index in [0.29, 0.717) is 0 Å². The third-order valence-corrected chi connectivity index (χ3v) is 4.89. The number of rotatable bonds is 3. The lowest BCUT2D eigenvalue weighted by molar-refractivity contribution is 1.03. The van der Waals surface area contributed by atoms with Crippen molar-refractivity contribution < 1.29 is 0 Å². The molecular weight excluding hydrogens is 372 g/mol. The number of hydrogen-bond acceptors (Lipinski definition) is 2. The van der Waals surface area contributed by atoms with E-state index >= 15 is 0 Å². The van der Waals surface area contributed by atoms with Crippen molar-refractivity contribution in [3.05, 3.63) is 89.2 Å². The highest BCUT2D eigenvalue weighted by atomic mass is 79.9. The van der Waals surface area contributed by atoms with Gasteiger partial charge in [-0.25, -0.2) is 9.97 Å². The number of hydrogen-bond donors (Lipinski definition) is 0. The van der Waals surface area contributed by atoms with E-state index in [-0.39, 0.29) is 0 Å². The highest BCUT2D eigenvalue weighted by molar-refractivity contribution is 9.10. The predicted molar refractivity (Wildman–Crippen MR) is 107 cm³/mol. The Morgan fingerprint density at radius 1 is 0.800 bits per heavy atom. The zero-order chi connectivity index (χ0) is 17.1. The van der Waals surface area contributed by atoms with Gasteiger partial charge in [-0.2, -0.15) is 0 Å². The Morgan fingerprint density at radius 2 is 1.56 bits per heavy atom. The van der Waals surface area contributed by atoms with Gasteiger partial charge < -0.3 is 0 Å². The first-order valence-corrected chi connectivity index (χ1v) is 9.17. The molecule has 1 aliphatic carbocycles. The maximum absolute atomic E-state index is 4.85. The van der Waals surface area contributed by atoms with Gasteiger partial charge in [0.2, 0.25) is 0 Å². The molecule has 0 radical (unpaired) electrons. The lowest BCUT2D eigenvalue weighted by Gasteiger charge is -2.12. The second kappa shape index (κ2) is 7.16. The summed E-state index contributed by atoms with van der Waals surface area (Å²) in [6.45, 7) is 0. The van der Waals surface area contributed by atoms with Crippen LogP contribution in [-0.4, -0.2) is 9.97 Å². The summed E-state index contributed by atoms with van der Waals surface area (Å²) in [5.41, 5.74) is 5.13. The minimum absolute atomic E-state index is 0.781. The largest absolute Gasteiger partial charge is 0.228 e. The Bertz CT molecular complexity index is 959. The Hall–Kier alpha value is -2.52. The molecule has 25 heavy (non-hydrogen) atoms. The average molecular weight is 389 g/mol. The third kappa shape index (κ3) is 3.47. The molecule has 3 heteroatoms. The molecule has 0 saturated heterocycles. The molecule has 0 unspecified atom stereocenters. The fraction of sp³-hybridized carbons (Fsp3) is 0.0909. The molecule has 0 N–H and O–H groups in total. The first-order chi connectivity index (χ1) is 12.3. The third-order valence-electron chi connectivity index (χ3n) is 4.20. The summed E-state index contributed by atoms with van der Waals surface area (Å²) in [7, 11) is 0. The smallest absolute Gasteiger partial charge is 0.160 e. The molecule has 0 spiro atoms. The summed E-state index contributed by atoms with van der Waals surface area (Å²) in [6.07, 6.45) is 8.64. The Kier molecular flexibility index (Phi) is 4.57. The van der Waals surface area contributed by atoms with E-state index in [2.05, 4.69) is 58.4 Å². The summed E-state index contributed by atoms with van der Waals surface area (Å²) < 4.78 is 1.03. The summed E-state index contributed by atoms with van der Waals surface area (Å²) in [4.78, 5) is 9.69. The molecular formula is C22H17BrN2. The molecule has 122 valence electrons. The van der Waals surface area contributed by atoms with E-state index in [0.717, 1.165) is 51.2 Å². The van der Waals surface area contributed by atoms with Gasteiger partial charge >= 0.3 is 0 Å². The summed E-state index contributed by atoms with van der Waals surface area (Å²) in [6, 6.07) is 20.5. The van der Waals surface area contributed by atoms with Crippen LogP contribution in [0.25, 0.3) is 28.1 Å². The number of halogens is 1. The van der Waals surface area contributed by atoms with Crippen LogP contribution in [0, 0.1) is 0 Å². The Labute approximate surface area is 156 Å². The topological polar surface area (TPSA) is 25.8 Å². The van der Waals surface area contributed by atoms with Crippen molar-refractivity contribution in [1.82, 2.24) is 9.97 Å². The van der Waals surface area contributed by atoms with E-state index in [9.17, 15) is 0 Å². The molecule has 0 amide bonds. The second-order valence-corrected chi connectivity index (χ2v) is 6.80. The normalized spacial score (nSPS) is 13.6. The standard InChI is InChI=1S/C22H17BrN2/c23-19-14-8-7-13-18(19)21-15-20(16-9-3-1-4-10-16)24-22(25-21)17-11-5-2-6-12-17/h1,3-5,7-15H,2,6H2. The van der Waals surface area contributed by atoms with Gasteiger partial charge in [0.25, 0.3) is 0 Å². The monoisotopic (exact) mass is 388 g/mol. The molecule has 0 saturated carbocycles. The van der Waals surface area contributed by atoms with Crippen molar-refractivity contribution in [2.75, 3.05) is 0 Å². The Morgan fingerprint density at radius 3 is 2.32 bits per heavy atom. The first kappa shape index (κ1) is 16.0. The average Bonchev–Trinajstić information content (AvgIpc) is 2.69. The van der Waals surface area contributed by atoms with Gasteiger partial charge in [0, 0.05) is 21.2 Å². The molecule has 1 heterocycles. The van der Waals surface area contributed by atoms with Crippen LogP contribution in [0.5, 0.6) is 0 Å². The molecule has 0 bridgehead atoms. The second-order valence-electron chi connectivity index (χ2n) is 5.95. The molecule has 1 aromatic heterocycles. The number of allylic oxidation sites excluding steroid dienone is 4. The highest BCUT2D eigenvalue weighted by Gasteiger charge is 2.13. The van der Waals surface area contributed by atoms with E-state index in [1.165, 1.54) is 0 Å². The molecule has 2 aromatic carbocycles. The lowest BCUT2D eigenvalue weighted by atomic mass is 10.0. The van der Waals surface area contributed by atoms with E-state index < -0.39 is 0 Å². The van der Waals surface area contributed by atoms with Crippen LogP contribution in [-0.2, 0) is 0 Å². The van der Waals surface area contributed by atoms with E-state index in [1.807, 2.05) is 36.4 Å². The minimum atomic E-state index is 0.781. The zero-order valence-corrected chi connectivity index (χ0v) is 15.3. The van der Waals surface area contributed by atoms with E-state index in [1.54, 1.807) is 0 Å². The fourth-order valence-corrected chi connectivity index (χ4v) is 3.41. The molecule has 0 atom stereocenters. The van der Waals surface area contributed by atoms with Crippen molar-refractivity contribution in [2.24, 2.45) is 0 Å². The van der Waals surface area contributed by atoms with Gasteiger partial charge in [0.05, 0.1) is 11.4 Å². The molecule has 0 fully saturated rings. The van der Waals surface area contributed by atoms with Crippen molar-refractivity contribution in [1.29, 1.82) is 0 Å². The van der Waals surface area contributed by atoms with Gasteiger partial charge in [0.15, 0.2) is 5.82 Å². The minimum Gasteiger partial charge on any atom is -0.228 e. The fourth-order valence-electron chi connectivity index (χ4n) is 2.92. The number of aromatic nitrogens is 2. The SMILES string of the molecule is Brc1ccccc1-c1cc(-c2ccccc2)nc(C2=CCCC=C2)n1. The molecule has 0 aliphatic heterocycles. The van der Waals surface area contributed by atoms with Gasteiger partial charge in [-0.3, -0.25) is 0 Å². The van der Waals surface area contributed by atoms with Crippen molar-refractivity contribution >= 4 is 21.5 Å². The predicted octanol–water partition coefficient (Wildman–Crippen LogP) is 6.31.